The van der Waals surface area contributed by atoms with E-state index < -0.39 is 0 Å². The Morgan fingerprint density at radius 1 is 0.600 bits per heavy atom. The molecule has 1 heterocycles. The predicted octanol–water partition coefficient (Wildman–Crippen LogP) is 5.44. The van der Waals surface area contributed by atoms with E-state index in [1.54, 1.807) is 0 Å². The van der Waals surface area contributed by atoms with E-state index >= 15 is 0 Å². The normalized spacial score (nSPS) is 9.50. The molecule has 0 bridgehead atoms. The molecule has 0 N–H and O–H groups in total. The molecule has 0 unspecified atom stereocenters. The topological polar surface area (TPSA) is 12.9 Å². The van der Waals surface area contributed by atoms with Gasteiger partial charge in [0.1, 0.15) is 0 Å². The molecule has 100 valence electrons. The van der Waals surface area contributed by atoms with Gasteiger partial charge < -0.3 is 0 Å². The van der Waals surface area contributed by atoms with Gasteiger partial charge in [0.15, 0.2) is 0 Å². The van der Waals surface area contributed by atoms with E-state index in [1.165, 1.54) is 11.1 Å². The summed E-state index contributed by atoms with van der Waals surface area (Å²) >= 11 is 0. The standard InChI is InChI=1S/C17H13N.C2H6/c1-3-7-14(8-4-1)16-11-12-18-17(13-16)15-9-5-2-6-10-15;1-2/h1-13H;1-2H3. The number of pyridine rings is 1. The first-order valence-electron chi connectivity index (χ1n) is 7.00. The average molecular weight is 261 g/mol. The minimum Gasteiger partial charge on any atom is -0.256 e. The minimum absolute atomic E-state index is 1.01. The summed E-state index contributed by atoms with van der Waals surface area (Å²) in [4.78, 5) is 4.44. The molecule has 1 aromatic heterocycles. The molecule has 0 spiro atoms. The molecule has 0 aliphatic rings. The van der Waals surface area contributed by atoms with Crippen LogP contribution in [0, 0.1) is 0 Å². The Balaban J connectivity index is 0.000000704. The van der Waals surface area contributed by atoms with Gasteiger partial charge in [-0.1, -0.05) is 74.5 Å². The zero-order chi connectivity index (χ0) is 14.2. The van der Waals surface area contributed by atoms with Crippen LogP contribution in [0.4, 0.5) is 0 Å². The fraction of sp³-hybridized carbons (Fsp3) is 0.105. The molecule has 0 amide bonds. The van der Waals surface area contributed by atoms with E-state index in [0.29, 0.717) is 0 Å². The maximum atomic E-state index is 4.44. The van der Waals surface area contributed by atoms with E-state index in [0.717, 1.165) is 11.3 Å². The highest BCUT2D eigenvalue weighted by atomic mass is 14.7. The maximum absolute atomic E-state index is 4.44. The lowest BCUT2D eigenvalue weighted by atomic mass is 10.0. The molecule has 0 fully saturated rings. The van der Waals surface area contributed by atoms with E-state index in [2.05, 4.69) is 47.4 Å². The Morgan fingerprint density at radius 3 is 1.75 bits per heavy atom. The first kappa shape index (κ1) is 14.0. The first-order chi connectivity index (χ1) is 9.93. The summed E-state index contributed by atoms with van der Waals surface area (Å²) in [5.74, 6) is 0. The van der Waals surface area contributed by atoms with Crippen LogP contribution >= 0.6 is 0 Å². The molecule has 0 aliphatic carbocycles. The van der Waals surface area contributed by atoms with Crippen molar-refractivity contribution in [3.8, 4) is 22.4 Å². The van der Waals surface area contributed by atoms with Crippen molar-refractivity contribution < 1.29 is 0 Å². The molecular formula is C19H19N. The SMILES string of the molecule is CC.c1ccc(-c2ccnc(-c3ccccc3)c2)cc1. The van der Waals surface area contributed by atoms with E-state index in [4.69, 9.17) is 0 Å². The number of aromatic nitrogens is 1. The van der Waals surface area contributed by atoms with Gasteiger partial charge in [0.05, 0.1) is 5.69 Å². The van der Waals surface area contributed by atoms with Crippen LogP contribution in [-0.4, -0.2) is 4.98 Å². The Labute approximate surface area is 121 Å². The number of hydrogen-bond acceptors (Lipinski definition) is 1. The van der Waals surface area contributed by atoms with Gasteiger partial charge in [-0.3, -0.25) is 4.98 Å². The summed E-state index contributed by atoms with van der Waals surface area (Å²) in [7, 11) is 0. The van der Waals surface area contributed by atoms with Crippen LogP contribution < -0.4 is 0 Å². The number of rotatable bonds is 2. The van der Waals surface area contributed by atoms with Gasteiger partial charge in [-0.15, -0.1) is 0 Å². The van der Waals surface area contributed by atoms with Crippen LogP contribution in [0.3, 0.4) is 0 Å². The molecular weight excluding hydrogens is 242 g/mol. The third-order valence-electron chi connectivity index (χ3n) is 2.94. The summed E-state index contributed by atoms with van der Waals surface area (Å²) < 4.78 is 0. The second-order valence-electron chi connectivity index (χ2n) is 4.16. The number of benzene rings is 2. The van der Waals surface area contributed by atoms with Crippen LogP contribution in [0.2, 0.25) is 0 Å². The molecule has 3 aromatic rings. The van der Waals surface area contributed by atoms with Crippen molar-refractivity contribution in [3.63, 3.8) is 0 Å². The lowest BCUT2D eigenvalue weighted by Crippen LogP contribution is -1.84. The molecule has 0 saturated heterocycles. The number of nitrogens with zero attached hydrogens (tertiary/aromatic N) is 1. The lowest BCUT2D eigenvalue weighted by molar-refractivity contribution is 1.33. The summed E-state index contributed by atoms with van der Waals surface area (Å²) in [6.45, 7) is 4.00. The fourth-order valence-electron chi connectivity index (χ4n) is 2.01. The summed E-state index contributed by atoms with van der Waals surface area (Å²) in [6.07, 6.45) is 1.87. The highest BCUT2D eigenvalue weighted by Crippen LogP contribution is 2.23. The monoisotopic (exact) mass is 261 g/mol. The lowest BCUT2D eigenvalue weighted by Gasteiger charge is -2.04. The van der Waals surface area contributed by atoms with Crippen molar-refractivity contribution in [2.24, 2.45) is 0 Å². The second-order valence-corrected chi connectivity index (χ2v) is 4.16. The molecule has 3 rings (SSSR count). The van der Waals surface area contributed by atoms with Crippen molar-refractivity contribution in [1.29, 1.82) is 0 Å². The van der Waals surface area contributed by atoms with Crippen LogP contribution in [0.15, 0.2) is 79.0 Å². The smallest absolute Gasteiger partial charge is 0.0708 e. The molecule has 0 radical (unpaired) electrons. The molecule has 2 aromatic carbocycles. The average Bonchev–Trinajstić information content (AvgIpc) is 2.58. The highest BCUT2D eigenvalue weighted by molar-refractivity contribution is 5.70. The van der Waals surface area contributed by atoms with Gasteiger partial charge in [-0.05, 0) is 23.3 Å². The molecule has 1 nitrogen and oxygen atoms in total. The number of hydrogen-bond donors (Lipinski definition) is 0. The summed E-state index contributed by atoms with van der Waals surface area (Å²) in [5.41, 5.74) is 4.58. The van der Waals surface area contributed by atoms with E-state index in [9.17, 15) is 0 Å². The maximum Gasteiger partial charge on any atom is 0.0708 e. The predicted molar refractivity (Wildman–Crippen MR) is 86.5 cm³/mol. The minimum atomic E-state index is 1.01. The highest BCUT2D eigenvalue weighted by Gasteiger charge is 2.01. The van der Waals surface area contributed by atoms with Gasteiger partial charge in [0.25, 0.3) is 0 Å². The Kier molecular flexibility index (Phi) is 5.08. The molecule has 0 saturated carbocycles. The third-order valence-corrected chi connectivity index (χ3v) is 2.94. The van der Waals surface area contributed by atoms with Crippen LogP contribution in [0.1, 0.15) is 13.8 Å². The Morgan fingerprint density at radius 2 is 1.15 bits per heavy atom. The molecule has 20 heavy (non-hydrogen) atoms. The first-order valence-corrected chi connectivity index (χ1v) is 7.00. The van der Waals surface area contributed by atoms with Crippen molar-refractivity contribution in [3.05, 3.63) is 79.0 Å². The third kappa shape index (κ3) is 3.33. The Hall–Kier alpha value is -2.41. The van der Waals surface area contributed by atoms with Gasteiger partial charge in [0.2, 0.25) is 0 Å². The van der Waals surface area contributed by atoms with Gasteiger partial charge >= 0.3 is 0 Å². The van der Waals surface area contributed by atoms with Gasteiger partial charge in [-0.2, -0.15) is 0 Å². The van der Waals surface area contributed by atoms with Crippen LogP contribution in [0.25, 0.3) is 22.4 Å². The van der Waals surface area contributed by atoms with E-state index in [-0.39, 0.29) is 0 Å². The quantitative estimate of drug-likeness (QED) is 0.598. The summed E-state index contributed by atoms with van der Waals surface area (Å²) in [5, 5.41) is 0. The van der Waals surface area contributed by atoms with E-state index in [1.807, 2.05) is 50.4 Å². The van der Waals surface area contributed by atoms with Crippen LogP contribution in [0.5, 0.6) is 0 Å². The largest absolute Gasteiger partial charge is 0.256 e. The summed E-state index contributed by atoms with van der Waals surface area (Å²) in [6, 6.07) is 24.8. The Bertz CT molecular complexity index is 575. The zero-order valence-corrected chi connectivity index (χ0v) is 12.0. The van der Waals surface area contributed by atoms with Crippen molar-refractivity contribution in [2.45, 2.75) is 13.8 Å². The van der Waals surface area contributed by atoms with Crippen molar-refractivity contribution >= 4 is 0 Å². The molecule has 0 aliphatic heterocycles. The van der Waals surface area contributed by atoms with Gasteiger partial charge in [-0.25, -0.2) is 0 Å². The molecule has 0 atom stereocenters. The van der Waals surface area contributed by atoms with Crippen molar-refractivity contribution in [1.82, 2.24) is 4.98 Å². The molecule has 1 heteroatoms. The fourth-order valence-corrected chi connectivity index (χ4v) is 2.01. The zero-order valence-electron chi connectivity index (χ0n) is 12.0. The second kappa shape index (κ2) is 7.25. The van der Waals surface area contributed by atoms with Gasteiger partial charge in [0, 0.05) is 11.8 Å². The van der Waals surface area contributed by atoms with Crippen molar-refractivity contribution in [2.75, 3.05) is 0 Å². The van der Waals surface area contributed by atoms with Crippen LogP contribution in [-0.2, 0) is 0 Å².